The Morgan fingerprint density at radius 3 is 2.47 bits per heavy atom. The van der Waals surface area contributed by atoms with E-state index in [-0.39, 0.29) is 31.0 Å². The second kappa shape index (κ2) is 5.92. The quantitative estimate of drug-likeness (QED) is 0.802. The number of nitrogens with one attached hydrogen (secondary N) is 1. The fraction of sp³-hybridized carbons (Fsp3) is 1.00. The van der Waals surface area contributed by atoms with E-state index >= 15 is 0 Å². The van der Waals surface area contributed by atoms with Crippen LogP contribution >= 0.6 is 12.4 Å². The molecule has 0 radical (unpaired) electrons. The van der Waals surface area contributed by atoms with Crippen LogP contribution in [0.1, 0.15) is 20.3 Å². The van der Waals surface area contributed by atoms with Crippen LogP contribution in [0.25, 0.3) is 0 Å². The van der Waals surface area contributed by atoms with Crippen molar-refractivity contribution in [1.29, 1.82) is 0 Å². The summed E-state index contributed by atoms with van der Waals surface area (Å²) in [6.45, 7) is 5.58. The van der Waals surface area contributed by atoms with Crippen LogP contribution in [0.2, 0.25) is 0 Å². The summed E-state index contributed by atoms with van der Waals surface area (Å²) in [5.74, 6) is 0. The van der Waals surface area contributed by atoms with Crippen LogP contribution in [0.4, 0.5) is 13.2 Å². The Hall–Kier alpha value is -0.0000000000000000555. The molecule has 0 spiro atoms. The molecule has 0 aliphatic carbocycles. The van der Waals surface area contributed by atoms with Gasteiger partial charge in [-0.25, -0.2) is 0 Å². The lowest BCUT2D eigenvalue weighted by atomic mass is 10.1. The molecule has 92 valence electrons. The second-order valence-corrected chi connectivity index (χ2v) is 3.88. The van der Waals surface area contributed by atoms with Crippen molar-refractivity contribution in [3.8, 4) is 0 Å². The Morgan fingerprint density at radius 1 is 1.33 bits per heavy atom. The molecule has 0 bridgehead atoms. The maximum Gasteiger partial charge on any atom is 0.390 e. The molecule has 2 nitrogen and oxygen atoms in total. The van der Waals surface area contributed by atoms with Crippen LogP contribution < -0.4 is 5.32 Å². The monoisotopic (exact) mass is 246 g/mol. The van der Waals surface area contributed by atoms with E-state index in [1.54, 1.807) is 0 Å². The van der Waals surface area contributed by atoms with E-state index in [2.05, 4.69) is 5.32 Å². The van der Waals surface area contributed by atoms with Gasteiger partial charge in [0.25, 0.3) is 0 Å². The van der Waals surface area contributed by atoms with Gasteiger partial charge < -0.3 is 5.32 Å². The van der Waals surface area contributed by atoms with Gasteiger partial charge in [-0.15, -0.1) is 12.4 Å². The largest absolute Gasteiger partial charge is 0.390 e. The number of rotatable bonds is 2. The first-order chi connectivity index (χ1) is 6.40. The summed E-state index contributed by atoms with van der Waals surface area (Å²) in [5, 5.41) is 3.24. The van der Waals surface area contributed by atoms with Crippen LogP contribution in [0.5, 0.6) is 0 Å². The van der Waals surface area contributed by atoms with Gasteiger partial charge in [-0.1, -0.05) is 0 Å². The minimum atomic E-state index is -4.03. The fourth-order valence-corrected chi connectivity index (χ4v) is 1.71. The highest BCUT2D eigenvalue weighted by molar-refractivity contribution is 5.85. The Bertz CT molecular complexity index is 187. The van der Waals surface area contributed by atoms with Crippen LogP contribution in [0.3, 0.4) is 0 Å². The molecule has 0 aromatic heterocycles. The number of hydrogen-bond donors (Lipinski definition) is 1. The minimum absolute atomic E-state index is 0. The molecule has 2 unspecified atom stereocenters. The number of piperazine rings is 1. The zero-order valence-corrected chi connectivity index (χ0v) is 9.79. The molecular weight excluding hydrogens is 229 g/mol. The van der Waals surface area contributed by atoms with E-state index in [1.165, 1.54) is 0 Å². The molecule has 0 aromatic rings. The first-order valence-corrected chi connectivity index (χ1v) is 4.94. The maximum absolute atomic E-state index is 12.0. The molecule has 0 saturated carbocycles. The van der Waals surface area contributed by atoms with Gasteiger partial charge in [0, 0.05) is 31.7 Å². The van der Waals surface area contributed by atoms with E-state index in [0.29, 0.717) is 6.54 Å². The Morgan fingerprint density at radius 2 is 1.93 bits per heavy atom. The lowest BCUT2D eigenvalue weighted by molar-refractivity contribution is -0.139. The van der Waals surface area contributed by atoms with E-state index in [0.717, 1.165) is 6.54 Å². The first-order valence-electron chi connectivity index (χ1n) is 4.94. The van der Waals surface area contributed by atoms with Crippen molar-refractivity contribution in [3.05, 3.63) is 0 Å². The summed E-state index contributed by atoms with van der Waals surface area (Å²) in [7, 11) is 0. The standard InChI is InChI=1S/C9H17F3N2.ClH/c1-7-8(2)14(6-4-13-7)5-3-9(10,11)12;/h7-8,13H,3-6H2,1-2H3;1H. The van der Waals surface area contributed by atoms with Crippen LogP contribution in [0.15, 0.2) is 0 Å². The summed E-state index contributed by atoms with van der Waals surface area (Å²) >= 11 is 0. The van der Waals surface area contributed by atoms with E-state index < -0.39 is 12.6 Å². The van der Waals surface area contributed by atoms with Crippen molar-refractivity contribution in [1.82, 2.24) is 10.2 Å². The maximum atomic E-state index is 12.0. The Kier molecular flexibility index (Phi) is 5.92. The van der Waals surface area contributed by atoms with Crippen molar-refractivity contribution in [2.24, 2.45) is 0 Å². The average molecular weight is 247 g/mol. The van der Waals surface area contributed by atoms with Crippen LogP contribution in [0, 0.1) is 0 Å². The minimum Gasteiger partial charge on any atom is -0.311 e. The third kappa shape index (κ3) is 5.04. The number of halogens is 4. The van der Waals surface area contributed by atoms with E-state index in [1.807, 2.05) is 18.7 Å². The van der Waals surface area contributed by atoms with Gasteiger partial charge in [-0.3, -0.25) is 4.90 Å². The van der Waals surface area contributed by atoms with Gasteiger partial charge in [-0.2, -0.15) is 13.2 Å². The van der Waals surface area contributed by atoms with Gasteiger partial charge in [0.05, 0.1) is 6.42 Å². The number of hydrogen-bond acceptors (Lipinski definition) is 2. The zero-order chi connectivity index (χ0) is 10.8. The van der Waals surface area contributed by atoms with E-state index in [4.69, 9.17) is 0 Å². The number of nitrogens with zero attached hydrogens (tertiary/aromatic N) is 1. The molecule has 1 fully saturated rings. The zero-order valence-electron chi connectivity index (χ0n) is 8.97. The summed E-state index contributed by atoms with van der Waals surface area (Å²) in [4.78, 5) is 1.90. The molecule has 6 heteroatoms. The molecule has 1 N–H and O–H groups in total. The summed E-state index contributed by atoms with van der Waals surface area (Å²) < 4.78 is 36.0. The SMILES string of the molecule is CC1NCCN(CCC(F)(F)F)C1C.Cl. The molecular formula is C9H18ClF3N2. The third-order valence-corrected chi connectivity index (χ3v) is 2.85. The molecule has 0 aromatic carbocycles. The fourth-order valence-electron chi connectivity index (χ4n) is 1.71. The van der Waals surface area contributed by atoms with Crippen molar-refractivity contribution in [2.45, 2.75) is 38.5 Å². The predicted octanol–water partition coefficient (Wildman–Crippen LogP) is 2.04. The summed E-state index contributed by atoms with van der Waals surface area (Å²) in [5.41, 5.74) is 0. The van der Waals surface area contributed by atoms with Crippen LogP contribution in [-0.2, 0) is 0 Å². The lowest BCUT2D eigenvalue weighted by Crippen LogP contribution is -2.55. The van der Waals surface area contributed by atoms with E-state index in [9.17, 15) is 13.2 Å². The van der Waals surface area contributed by atoms with Gasteiger partial charge in [-0.05, 0) is 13.8 Å². The van der Waals surface area contributed by atoms with Crippen molar-refractivity contribution < 1.29 is 13.2 Å². The highest BCUT2D eigenvalue weighted by Crippen LogP contribution is 2.21. The van der Waals surface area contributed by atoms with Gasteiger partial charge >= 0.3 is 6.18 Å². The summed E-state index contributed by atoms with van der Waals surface area (Å²) in [6, 6.07) is 0.461. The Labute approximate surface area is 94.6 Å². The molecule has 1 heterocycles. The lowest BCUT2D eigenvalue weighted by Gasteiger charge is -2.38. The van der Waals surface area contributed by atoms with Gasteiger partial charge in [0.1, 0.15) is 0 Å². The van der Waals surface area contributed by atoms with Crippen molar-refractivity contribution in [2.75, 3.05) is 19.6 Å². The predicted molar refractivity (Wildman–Crippen MR) is 56.4 cm³/mol. The second-order valence-electron chi connectivity index (χ2n) is 3.88. The average Bonchev–Trinajstić information content (AvgIpc) is 2.06. The highest BCUT2D eigenvalue weighted by atomic mass is 35.5. The summed E-state index contributed by atoms with van der Waals surface area (Å²) in [6.07, 6.45) is -4.74. The third-order valence-electron chi connectivity index (χ3n) is 2.85. The molecule has 15 heavy (non-hydrogen) atoms. The topological polar surface area (TPSA) is 15.3 Å². The van der Waals surface area contributed by atoms with Gasteiger partial charge in [0.15, 0.2) is 0 Å². The molecule has 1 rings (SSSR count). The van der Waals surface area contributed by atoms with Gasteiger partial charge in [0.2, 0.25) is 0 Å². The first kappa shape index (κ1) is 15.0. The molecule has 1 aliphatic rings. The molecule has 0 amide bonds. The van der Waals surface area contributed by atoms with Crippen molar-refractivity contribution in [3.63, 3.8) is 0 Å². The van der Waals surface area contributed by atoms with Crippen LogP contribution in [-0.4, -0.2) is 42.8 Å². The highest BCUT2D eigenvalue weighted by Gasteiger charge is 2.31. The van der Waals surface area contributed by atoms with Crippen molar-refractivity contribution >= 4 is 12.4 Å². The molecule has 2 atom stereocenters. The smallest absolute Gasteiger partial charge is 0.311 e. The Balaban J connectivity index is 0.00000196. The molecule has 1 saturated heterocycles. The number of alkyl halides is 3. The normalized spacial score (nSPS) is 28.6. The molecule has 1 aliphatic heterocycles.